The summed E-state index contributed by atoms with van der Waals surface area (Å²) in [6.45, 7) is 2.92. The van der Waals surface area contributed by atoms with Crippen LogP contribution in [-0.4, -0.2) is 39.5 Å². The number of nitrogens with zero attached hydrogens (tertiary/aromatic N) is 3. The topological polar surface area (TPSA) is 66.3 Å². The van der Waals surface area contributed by atoms with Gasteiger partial charge in [-0.1, -0.05) is 24.6 Å². The van der Waals surface area contributed by atoms with Crippen LogP contribution in [0.25, 0.3) is 11.3 Å². The predicted molar refractivity (Wildman–Crippen MR) is 88.4 cm³/mol. The van der Waals surface area contributed by atoms with Gasteiger partial charge in [-0.2, -0.15) is 0 Å². The standard InChI is InChI=1S/C18H21N3O2/c1-12-19-15(13-7-3-4-8-14(13)18(22)23)11-16(20-12)17-9-5-6-10-21(17)2/h3-4,7-8,11,17H,5-6,9-10H2,1-2H3,(H,22,23)/t17-/m0/s1. The second kappa shape index (κ2) is 6.46. The number of carboxylic acid groups (broad SMARTS) is 1. The highest BCUT2D eigenvalue weighted by atomic mass is 16.4. The summed E-state index contributed by atoms with van der Waals surface area (Å²) in [5.41, 5.74) is 2.58. The Balaban J connectivity index is 2.06. The molecule has 0 radical (unpaired) electrons. The van der Waals surface area contributed by atoms with E-state index in [1.54, 1.807) is 18.2 Å². The largest absolute Gasteiger partial charge is 0.478 e. The Morgan fingerprint density at radius 1 is 1.26 bits per heavy atom. The third kappa shape index (κ3) is 3.24. The molecule has 120 valence electrons. The van der Waals surface area contributed by atoms with Crippen LogP contribution in [0.1, 0.15) is 47.2 Å². The highest BCUT2D eigenvalue weighted by Gasteiger charge is 2.23. The van der Waals surface area contributed by atoms with Gasteiger partial charge >= 0.3 is 5.97 Å². The Hall–Kier alpha value is -2.27. The van der Waals surface area contributed by atoms with E-state index in [0.29, 0.717) is 17.1 Å². The number of benzene rings is 1. The maximum absolute atomic E-state index is 11.5. The summed E-state index contributed by atoms with van der Waals surface area (Å²) in [6, 6.07) is 9.21. The molecular formula is C18H21N3O2. The minimum absolute atomic E-state index is 0.272. The summed E-state index contributed by atoms with van der Waals surface area (Å²) < 4.78 is 0. The average molecular weight is 311 g/mol. The number of piperidine rings is 1. The molecular weight excluding hydrogens is 290 g/mol. The molecule has 0 bridgehead atoms. The Bertz CT molecular complexity index is 730. The molecule has 1 aromatic carbocycles. The number of hydrogen-bond donors (Lipinski definition) is 1. The zero-order valence-electron chi connectivity index (χ0n) is 13.5. The summed E-state index contributed by atoms with van der Waals surface area (Å²) in [5.74, 6) is -0.259. The zero-order chi connectivity index (χ0) is 16.4. The fourth-order valence-electron chi connectivity index (χ4n) is 3.24. The van der Waals surface area contributed by atoms with Gasteiger partial charge < -0.3 is 5.11 Å². The van der Waals surface area contributed by atoms with Crippen LogP contribution in [0.4, 0.5) is 0 Å². The van der Waals surface area contributed by atoms with Crippen LogP contribution in [0.5, 0.6) is 0 Å². The molecule has 23 heavy (non-hydrogen) atoms. The van der Waals surface area contributed by atoms with E-state index in [4.69, 9.17) is 0 Å². The van der Waals surface area contributed by atoms with Crippen molar-refractivity contribution in [1.82, 2.24) is 14.9 Å². The molecule has 1 aliphatic heterocycles. The molecule has 1 fully saturated rings. The predicted octanol–water partition coefficient (Wildman–Crippen LogP) is 3.31. The summed E-state index contributed by atoms with van der Waals surface area (Å²) in [7, 11) is 2.12. The van der Waals surface area contributed by atoms with Crippen LogP contribution in [0.2, 0.25) is 0 Å². The Morgan fingerprint density at radius 2 is 2.04 bits per heavy atom. The van der Waals surface area contributed by atoms with Gasteiger partial charge in [-0.05, 0) is 45.5 Å². The van der Waals surface area contributed by atoms with Gasteiger partial charge in [0, 0.05) is 5.56 Å². The molecule has 1 aliphatic rings. The first-order chi connectivity index (χ1) is 11.1. The molecule has 1 aromatic heterocycles. The first-order valence-electron chi connectivity index (χ1n) is 7.95. The van der Waals surface area contributed by atoms with E-state index >= 15 is 0 Å². The van der Waals surface area contributed by atoms with E-state index in [1.807, 2.05) is 19.1 Å². The molecule has 5 heteroatoms. The third-order valence-electron chi connectivity index (χ3n) is 4.40. The van der Waals surface area contributed by atoms with E-state index in [0.717, 1.165) is 18.7 Å². The van der Waals surface area contributed by atoms with Gasteiger partial charge in [0.15, 0.2) is 0 Å². The quantitative estimate of drug-likeness (QED) is 0.942. The highest BCUT2D eigenvalue weighted by Crippen LogP contribution is 2.31. The number of hydrogen-bond acceptors (Lipinski definition) is 4. The minimum Gasteiger partial charge on any atom is -0.478 e. The minimum atomic E-state index is -0.937. The molecule has 1 N–H and O–H groups in total. The molecule has 2 aromatic rings. The maximum Gasteiger partial charge on any atom is 0.336 e. The molecule has 1 atom stereocenters. The number of rotatable bonds is 3. The van der Waals surface area contributed by atoms with Gasteiger partial charge in [-0.15, -0.1) is 0 Å². The maximum atomic E-state index is 11.5. The monoisotopic (exact) mass is 311 g/mol. The Morgan fingerprint density at radius 3 is 2.78 bits per heavy atom. The number of aryl methyl sites for hydroxylation is 1. The van der Waals surface area contributed by atoms with Crippen molar-refractivity contribution < 1.29 is 9.90 Å². The molecule has 5 nitrogen and oxygen atoms in total. The van der Waals surface area contributed by atoms with Crippen LogP contribution in [0.3, 0.4) is 0 Å². The molecule has 0 aliphatic carbocycles. The van der Waals surface area contributed by atoms with Crippen LogP contribution < -0.4 is 0 Å². The highest BCUT2D eigenvalue weighted by molar-refractivity contribution is 5.95. The van der Waals surface area contributed by atoms with Gasteiger partial charge in [0.05, 0.1) is 23.0 Å². The van der Waals surface area contributed by atoms with E-state index in [2.05, 4.69) is 21.9 Å². The molecule has 0 spiro atoms. The van der Waals surface area contributed by atoms with Crippen molar-refractivity contribution in [3.63, 3.8) is 0 Å². The first kappa shape index (κ1) is 15.6. The fraction of sp³-hybridized carbons (Fsp3) is 0.389. The van der Waals surface area contributed by atoms with Gasteiger partial charge in [-0.25, -0.2) is 14.8 Å². The summed E-state index contributed by atoms with van der Waals surface area (Å²) >= 11 is 0. The number of carboxylic acids is 1. The second-order valence-electron chi connectivity index (χ2n) is 6.07. The SMILES string of the molecule is Cc1nc(-c2ccccc2C(=O)O)cc([C@@H]2CCCCN2C)n1. The molecule has 1 saturated heterocycles. The van der Waals surface area contributed by atoms with E-state index in [9.17, 15) is 9.90 Å². The van der Waals surface area contributed by atoms with Crippen LogP contribution >= 0.6 is 0 Å². The van der Waals surface area contributed by atoms with E-state index in [-0.39, 0.29) is 11.6 Å². The fourth-order valence-corrected chi connectivity index (χ4v) is 3.24. The van der Waals surface area contributed by atoms with E-state index < -0.39 is 5.97 Å². The zero-order valence-corrected chi connectivity index (χ0v) is 13.5. The lowest BCUT2D eigenvalue weighted by molar-refractivity contribution is 0.0697. The molecule has 3 rings (SSSR count). The van der Waals surface area contributed by atoms with Crippen molar-refractivity contribution in [2.75, 3.05) is 13.6 Å². The van der Waals surface area contributed by atoms with Crippen molar-refractivity contribution in [2.24, 2.45) is 0 Å². The van der Waals surface area contributed by atoms with Gasteiger partial charge in [0.1, 0.15) is 5.82 Å². The second-order valence-corrected chi connectivity index (χ2v) is 6.07. The van der Waals surface area contributed by atoms with Gasteiger partial charge in [-0.3, -0.25) is 4.90 Å². The van der Waals surface area contributed by atoms with Crippen LogP contribution in [-0.2, 0) is 0 Å². The summed E-state index contributed by atoms with van der Waals surface area (Å²) in [6.07, 6.45) is 3.48. The molecule has 0 saturated carbocycles. The Kier molecular flexibility index (Phi) is 4.39. The smallest absolute Gasteiger partial charge is 0.336 e. The average Bonchev–Trinajstić information content (AvgIpc) is 2.54. The summed E-state index contributed by atoms with van der Waals surface area (Å²) in [4.78, 5) is 22.9. The lowest BCUT2D eigenvalue weighted by Gasteiger charge is -2.32. The van der Waals surface area contributed by atoms with Crippen molar-refractivity contribution in [2.45, 2.75) is 32.2 Å². The Labute approximate surface area is 136 Å². The van der Waals surface area contributed by atoms with Gasteiger partial charge in [0.25, 0.3) is 0 Å². The molecule has 2 heterocycles. The van der Waals surface area contributed by atoms with Crippen molar-refractivity contribution in [3.8, 4) is 11.3 Å². The first-order valence-corrected chi connectivity index (χ1v) is 7.95. The molecule has 0 unspecified atom stereocenters. The lowest BCUT2D eigenvalue weighted by atomic mass is 9.97. The number of aromatic carboxylic acids is 1. The number of carbonyl (C=O) groups is 1. The summed E-state index contributed by atoms with van der Waals surface area (Å²) in [5, 5.41) is 9.40. The van der Waals surface area contributed by atoms with Crippen LogP contribution in [0.15, 0.2) is 30.3 Å². The number of aromatic nitrogens is 2. The van der Waals surface area contributed by atoms with Crippen molar-refractivity contribution in [1.29, 1.82) is 0 Å². The number of likely N-dealkylation sites (tertiary alicyclic amines) is 1. The normalized spacial score (nSPS) is 18.8. The van der Waals surface area contributed by atoms with Gasteiger partial charge in [0.2, 0.25) is 0 Å². The third-order valence-corrected chi connectivity index (χ3v) is 4.40. The van der Waals surface area contributed by atoms with Crippen molar-refractivity contribution >= 4 is 5.97 Å². The van der Waals surface area contributed by atoms with Crippen LogP contribution in [0, 0.1) is 6.92 Å². The lowest BCUT2D eigenvalue weighted by Crippen LogP contribution is -2.30. The van der Waals surface area contributed by atoms with E-state index in [1.165, 1.54) is 12.8 Å². The molecule has 0 amide bonds. The van der Waals surface area contributed by atoms with Crippen molar-refractivity contribution in [3.05, 3.63) is 47.4 Å².